The van der Waals surface area contributed by atoms with Gasteiger partial charge >= 0.3 is 11.9 Å². The number of ether oxygens (including phenoxy) is 2. The predicted molar refractivity (Wildman–Crippen MR) is 156 cm³/mol. The smallest absolute Gasteiger partial charge is 0.303 e. The van der Waals surface area contributed by atoms with E-state index in [0.717, 1.165) is 29.9 Å². The van der Waals surface area contributed by atoms with Crippen molar-refractivity contribution in [2.45, 2.75) is 135 Å². The quantitative estimate of drug-likeness (QED) is 0.351. The lowest BCUT2D eigenvalue weighted by Gasteiger charge is -2.62. The summed E-state index contributed by atoms with van der Waals surface area (Å²) in [7, 11) is 2.47. The van der Waals surface area contributed by atoms with Crippen molar-refractivity contribution in [2.24, 2.45) is 34.5 Å². The molecular weight excluding hydrogens is 580 g/mol. The lowest BCUT2D eigenvalue weighted by Crippen LogP contribution is -3.00. The Morgan fingerprint density at radius 1 is 0.805 bits per heavy atom. The monoisotopic (exact) mass is 636 g/mol. The first kappa shape index (κ1) is 31.8. The highest BCUT2D eigenvalue weighted by molar-refractivity contribution is 5.66. The van der Waals surface area contributed by atoms with Gasteiger partial charge in [-0.25, -0.2) is 0 Å². The molecule has 2 heterocycles. The summed E-state index contributed by atoms with van der Waals surface area (Å²) in [5, 5.41) is 0. The van der Waals surface area contributed by atoms with Gasteiger partial charge in [-0.3, -0.25) is 14.5 Å². The number of nitrogens with zero attached hydrogens (tertiary/aromatic N) is 2. The number of carbonyl (C=O) groups excluding carboxylic acids is 2. The van der Waals surface area contributed by atoms with Crippen LogP contribution >= 0.6 is 0 Å². The normalized spacial score (nSPS) is 45.8. The van der Waals surface area contributed by atoms with Gasteiger partial charge in [0, 0.05) is 31.7 Å². The van der Waals surface area contributed by atoms with E-state index < -0.39 is 0 Å². The first-order valence-corrected chi connectivity index (χ1v) is 17.0. The van der Waals surface area contributed by atoms with E-state index >= 15 is 0 Å². The van der Waals surface area contributed by atoms with E-state index in [-0.39, 0.29) is 46.5 Å². The van der Waals surface area contributed by atoms with Gasteiger partial charge in [0.05, 0.1) is 20.1 Å². The molecule has 0 aromatic rings. The van der Waals surface area contributed by atoms with Crippen LogP contribution in [-0.2, 0) is 19.1 Å². The Balaban J connectivity index is 0.00000337. The number of rotatable bonds is 4. The second-order valence-corrected chi connectivity index (χ2v) is 15.8. The van der Waals surface area contributed by atoms with Gasteiger partial charge < -0.3 is 30.9 Å². The van der Waals surface area contributed by atoms with Crippen LogP contribution in [0.5, 0.6) is 0 Å². The Labute approximate surface area is 260 Å². The maximum atomic E-state index is 12.5. The van der Waals surface area contributed by atoms with Crippen LogP contribution in [0.25, 0.3) is 0 Å². The molecule has 4 saturated carbocycles. The van der Waals surface area contributed by atoms with Crippen molar-refractivity contribution in [2.75, 3.05) is 33.2 Å². The number of fused-ring (bicyclic) bond motifs is 5. The number of halogens is 1. The molecule has 2 aliphatic heterocycles. The summed E-state index contributed by atoms with van der Waals surface area (Å²) in [6, 6.07) is 0.796. The van der Waals surface area contributed by atoms with Crippen molar-refractivity contribution in [1.82, 2.24) is 4.90 Å². The van der Waals surface area contributed by atoms with E-state index in [1.54, 1.807) is 13.8 Å². The Kier molecular flexibility index (Phi) is 9.32. The van der Waals surface area contributed by atoms with Gasteiger partial charge in [0.25, 0.3) is 0 Å². The molecule has 6 aliphatic rings. The van der Waals surface area contributed by atoms with Gasteiger partial charge in [0.2, 0.25) is 0 Å². The summed E-state index contributed by atoms with van der Waals surface area (Å²) in [5.74, 6) is 2.50. The highest BCUT2D eigenvalue weighted by atomic mass is 79.9. The minimum absolute atomic E-state index is 0. The molecule has 0 N–H and O–H groups in total. The fourth-order valence-electron chi connectivity index (χ4n) is 11.7. The largest absolute Gasteiger partial charge is 1.00 e. The molecular formula is C34H57BrN2O4. The van der Waals surface area contributed by atoms with Gasteiger partial charge in [-0.1, -0.05) is 20.3 Å². The third kappa shape index (κ3) is 5.56. The van der Waals surface area contributed by atoms with Crippen LogP contribution in [0.15, 0.2) is 0 Å². The maximum absolute atomic E-state index is 12.5. The molecule has 0 bridgehead atoms. The predicted octanol–water partition coefficient (Wildman–Crippen LogP) is 2.97. The van der Waals surface area contributed by atoms with E-state index in [0.29, 0.717) is 35.3 Å². The number of carbonyl (C=O) groups is 2. The second-order valence-electron chi connectivity index (χ2n) is 15.8. The van der Waals surface area contributed by atoms with Gasteiger partial charge in [-0.2, -0.15) is 0 Å². The number of piperidine rings is 2. The summed E-state index contributed by atoms with van der Waals surface area (Å²) in [6.45, 7) is 13.1. The van der Waals surface area contributed by atoms with Gasteiger partial charge in [-0.05, 0) is 113 Å². The van der Waals surface area contributed by atoms with Crippen LogP contribution in [0.1, 0.15) is 111 Å². The van der Waals surface area contributed by atoms with E-state index in [2.05, 4.69) is 25.8 Å². The molecule has 4 aliphatic carbocycles. The molecule has 0 radical (unpaired) electrons. The SMILES string of the molecule is CC(=O)OC1CC2CC[C@@H]3C(CC[C@@]4(C)C3C[C@H]([N+]3(C)CCCCC3)[C@@H]4OC(C)=O)[C@@]2(C)C[C@@H]1N1CCCCC1.[Br-]. The molecule has 0 amide bonds. The number of hydrogen-bond donors (Lipinski definition) is 0. The van der Waals surface area contributed by atoms with Crippen LogP contribution in [0.3, 0.4) is 0 Å². The van der Waals surface area contributed by atoms with Crippen LogP contribution in [0.4, 0.5) is 0 Å². The van der Waals surface area contributed by atoms with Crippen molar-refractivity contribution >= 4 is 11.9 Å². The number of esters is 2. The molecule has 234 valence electrons. The molecule has 41 heavy (non-hydrogen) atoms. The summed E-state index contributed by atoms with van der Waals surface area (Å²) >= 11 is 0. The van der Waals surface area contributed by atoms with E-state index in [9.17, 15) is 9.59 Å². The van der Waals surface area contributed by atoms with Crippen LogP contribution in [0.2, 0.25) is 0 Å². The average Bonchev–Trinajstić information content (AvgIpc) is 3.21. The molecule has 0 aromatic carbocycles. The number of likely N-dealkylation sites (tertiary alicyclic amines) is 2. The first-order chi connectivity index (χ1) is 19.0. The minimum Gasteiger partial charge on any atom is -1.00 e. The minimum atomic E-state index is -0.111. The molecule has 0 aromatic heterocycles. The molecule has 6 nitrogen and oxygen atoms in total. The van der Waals surface area contributed by atoms with Crippen molar-refractivity contribution in [1.29, 1.82) is 0 Å². The van der Waals surface area contributed by atoms with Crippen molar-refractivity contribution in [3.8, 4) is 0 Å². The van der Waals surface area contributed by atoms with Crippen LogP contribution in [-0.4, -0.2) is 78.8 Å². The van der Waals surface area contributed by atoms with E-state index in [4.69, 9.17) is 9.47 Å². The molecule has 4 unspecified atom stereocenters. The summed E-state index contributed by atoms with van der Waals surface area (Å²) in [5.41, 5.74) is 0.377. The zero-order valence-corrected chi connectivity index (χ0v) is 28.1. The fraction of sp³-hybridized carbons (Fsp3) is 0.941. The standard InChI is InChI=1S/C34H57N2O4.BrH/c1-23(37)39-31-20-25-12-13-26-27(34(25,4)22-29(31)35-16-8-6-9-17-35)14-15-33(3)28(26)21-30(32(33)40-24(2)38)36(5)18-10-7-11-19-36;/h25-32H,6-22H2,1-5H3;1H/q+1;/p-1/t25?,26-,27?,28?,29+,30+,31?,32+,33+,34+;/m1./s1. The number of likely N-dealkylation sites (N-methyl/N-ethyl adjacent to an activating group) is 1. The highest BCUT2D eigenvalue weighted by Gasteiger charge is 2.67. The topological polar surface area (TPSA) is 55.8 Å². The summed E-state index contributed by atoms with van der Waals surface area (Å²) in [6.07, 6.45) is 16.3. The molecule has 6 rings (SSSR count). The van der Waals surface area contributed by atoms with E-state index in [1.807, 2.05) is 0 Å². The van der Waals surface area contributed by atoms with Crippen molar-refractivity contribution in [3.05, 3.63) is 0 Å². The van der Waals surface area contributed by atoms with Gasteiger partial charge in [0.1, 0.15) is 12.1 Å². The zero-order chi connectivity index (χ0) is 28.3. The molecule has 7 heteroatoms. The third-order valence-electron chi connectivity index (χ3n) is 13.7. The number of quaternary nitrogens is 1. The van der Waals surface area contributed by atoms with Gasteiger partial charge in [0.15, 0.2) is 6.10 Å². The molecule has 10 atom stereocenters. The average molecular weight is 638 g/mol. The van der Waals surface area contributed by atoms with E-state index in [1.165, 1.54) is 90.1 Å². The first-order valence-electron chi connectivity index (χ1n) is 17.0. The Bertz CT molecular complexity index is 964. The molecule has 6 fully saturated rings. The second kappa shape index (κ2) is 12.0. The van der Waals surface area contributed by atoms with Gasteiger partial charge in [-0.15, -0.1) is 0 Å². The zero-order valence-electron chi connectivity index (χ0n) is 26.5. The number of hydrogen-bond acceptors (Lipinski definition) is 5. The Morgan fingerprint density at radius 3 is 2.12 bits per heavy atom. The fourth-order valence-corrected chi connectivity index (χ4v) is 11.7. The third-order valence-corrected chi connectivity index (χ3v) is 13.7. The molecule has 2 saturated heterocycles. The Hall–Kier alpha value is -0.660. The highest BCUT2D eigenvalue weighted by Crippen LogP contribution is 2.67. The van der Waals surface area contributed by atoms with Crippen molar-refractivity contribution in [3.63, 3.8) is 0 Å². The van der Waals surface area contributed by atoms with Crippen LogP contribution < -0.4 is 17.0 Å². The molecule has 0 spiro atoms. The summed E-state index contributed by atoms with van der Waals surface area (Å²) in [4.78, 5) is 27.4. The lowest BCUT2D eigenvalue weighted by molar-refractivity contribution is -0.940. The van der Waals surface area contributed by atoms with Crippen molar-refractivity contribution < 1.29 is 40.5 Å². The summed E-state index contributed by atoms with van der Waals surface area (Å²) < 4.78 is 13.5. The Morgan fingerprint density at radius 2 is 1.46 bits per heavy atom. The maximum Gasteiger partial charge on any atom is 0.303 e. The lowest BCUT2D eigenvalue weighted by atomic mass is 9.44. The van der Waals surface area contributed by atoms with Crippen LogP contribution in [0, 0.1) is 34.5 Å².